The first kappa shape index (κ1) is 20.2. The van der Waals surface area contributed by atoms with Gasteiger partial charge in [0.25, 0.3) is 11.1 Å². The van der Waals surface area contributed by atoms with Crippen LogP contribution < -0.4 is 11.1 Å². The molecule has 1 aromatic carbocycles. The zero-order chi connectivity index (χ0) is 22.2. The lowest BCUT2D eigenvalue weighted by molar-refractivity contribution is -0.132. The number of nitrogens with zero attached hydrogens (tertiary/aromatic N) is 5. The van der Waals surface area contributed by atoms with E-state index in [1.54, 1.807) is 23.9 Å². The van der Waals surface area contributed by atoms with Gasteiger partial charge in [-0.25, -0.2) is 14.5 Å². The van der Waals surface area contributed by atoms with Crippen LogP contribution in [0.3, 0.4) is 0 Å². The minimum absolute atomic E-state index is 0.0458. The first-order chi connectivity index (χ1) is 15.5. The molecule has 4 heterocycles. The lowest BCUT2D eigenvalue weighted by Gasteiger charge is -2.24. The predicted molar refractivity (Wildman–Crippen MR) is 119 cm³/mol. The Morgan fingerprint density at radius 1 is 1.22 bits per heavy atom. The molecule has 0 spiro atoms. The SMILES string of the molecule is Cc1cc(=O)n2[nH]c(C3CCCN3C(=O)CCCn3cnc4ccccc4c3=O)cc2n1. The largest absolute Gasteiger partial charge is 0.334 e. The molecule has 0 radical (unpaired) electrons. The fourth-order valence-corrected chi connectivity index (χ4v) is 4.50. The van der Waals surface area contributed by atoms with Gasteiger partial charge in [0.15, 0.2) is 5.65 Å². The normalized spacial score (nSPS) is 16.3. The van der Waals surface area contributed by atoms with E-state index in [0.717, 1.165) is 18.5 Å². The third-order valence-electron chi connectivity index (χ3n) is 6.05. The third kappa shape index (κ3) is 3.59. The maximum Gasteiger partial charge on any atom is 0.272 e. The van der Waals surface area contributed by atoms with Gasteiger partial charge in [-0.05, 0) is 38.3 Å². The van der Waals surface area contributed by atoms with Crippen LogP contribution in [0.1, 0.15) is 43.1 Å². The van der Waals surface area contributed by atoms with Crippen molar-refractivity contribution in [3.8, 4) is 0 Å². The quantitative estimate of drug-likeness (QED) is 0.520. The minimum Gasteiger partial charge on any atom is -0.334 e. The monoisotopic (exact) mass is 432 g/mol. The van der Waals surface area contributed by atoms with E-state index < -0.39 is 0 Å². The number of para-hydroxylation sites is 1. The number of hydrogen-bond acceptors (Lipinski definition) is 5. The number of aromatic nitrogens is 5. The molecular formula is C23H24N6O3. The number of nitrogens with one attached hydrogen (secondary N) is 1. The summed E-state index contributed by atoms with van der Waals surface area (Å²) in [7, 11) is 0. The van der Waals surface area contributed by atoms with E-state index in [-0.39, 0.29) is 23.1 Å². The van der Waals surface area contributed by atoms with Gasteiger partial charge in [0.2, 0.25) is 5.91 Å². The Balaban J connectivity index is 1.28. The van der Waals surface area contributed by atoms with Gasteiger partial charge in [0.05, 0.1) is 29.0 Å². The molecular weight excluding hydrogens is 408 g/mol. The Bertz CT molecular complexity index is 1430. The Morgan fingerprint density at radius 2 is 2.06 bits per heavy atom. The van der Waals surface area contributed by atoms with Gasteiger partial charge in [-0.2, -0.15) is 0 Å². The molecule has 1 N–H and O–H groups in total. The van der Waals surface area contributed by atoms with E-state index in [0.29, 0.717) is 48.2 Å². The van der Waals surface area contributed by atoms with Crippen LogP contribution in [0.5, 0.6) is 0 Å². The zero-order valence-electron chi connectivity index (χ0n) is 17.8. The number of benzene rings is 1. The van der Waals surface area contributed by atoms with E-state index in [2.05, 4.69) is 15.1 Å². The first-order valence-corrected chi connectivity index (χ1v) is 10.8. The van der Waals surface area contributed by atoms with Gasteiger partial charge < -0.3 is 4.90 Å². The summed E-state index contributed by atoms with van der Waals surface area (Å²) in [6.45, 7) is 2.90. The van der Waals surface area contributed by atoms with Crippen molar-refractivity contribution in [3.63, 3.8) is 0 Å². The number of amides is 1. The van der Waals surface area contributed by atoms with Crippen LogP contribution in [0.4, 0.5) is 0 Å². The molecule has 0 bridgehead atoms. The fraction of sp³-hybridized carbons (Fsp3) is 0.348. The van der Waals surface area contributed by atoms with Crippen LogP contribution in [-0.4, -0.2) is 41.5 Å². The van der Waals surface area contributed by atoms with Gasteiger partial charge in [-0.3, -0.25) is 24.0 Å². The second-order valence-corrected chi connectivity index (χ2v) is 8.25. The zero-order valence-corrected chi connectivity index (χ0v) is 17.8. The summed E-state index contributed by atoms with van der Waals surface area (Å²) in [6, 6.07) is 10.5. The second kappa shape index (κ2) is 8.07. The molecule has 1 atom stereocenters. The van der Waals surface area contributed by atoms with Gasteiger partial charge in [0.1, 0.15) is 0 Å². The predicted octanol–water partition coefficient (Wildman–Crippen LogP) is 2.18. The lowest BCUT2D eigenvalue weighted by Crippen LogP contribution is -2.31. The number of hydrogen-bond donors (Lipinski definition) is 1. The maximum atomic E-state index is 13.0. The highest BCUT2D eigenvalue weighted by molar-refractivity contribution is 5.77. The van der Waals surface area contributed by atoms with Crippen LogP contribution in [0.15, 0.2) is 52.3 Å². The summed E-state index contributed by atoms with van der Waals surface area (Å²) in [5.41, 5.74) is 2.47. The highest BCUT2D eigenvalue weighted by atomic mass is 16.2. The topological polar surface area (TPSA) is 105 Å². The average Bonchev–Trinajstić information content (AvgIpc) is 3.42. The van der Waals surface area contributed by atoms with E-state index in [4.69, 9.17) is 0 Å². The number of carbonyl (C=O) groups is 1. The summed E-state index contributed by atoms with van der Waals surface area (Å²) in [5, 5.41) is 3.70. The lowest BCUT2D eigenvalue weighted by atomic mass is 10.1. The van der Waals surface area contributed by atoms with Crippen molar-refractivity contribution in [3.05, 3.63) is 74.8 Å². The summed E-state index contributed by atoms with van der Waals surface area (Å²) < 4.78 is 2.98. The summed E-state index contributed by atoms with van der Waals surface area (Å²) in [5.74, 6) is 0.0458. The molecule has 1 unspecified atom stereocenters. The Hall–Kier alpha value is -3.75. The van der Waals surface area contributed by atoms with Gasteiger partial charge in [0, 0.05) is 37.3 Å². The highest BCUT2D eigenvalue weighted by Gasteiger charge is 2.31. The molecule has 9 nitrogen and oxygen atoms in total. The number of carbonyl (C=O) groups excluding carboxylic acids is 1. The molecule has 1 amide bonds. The second-order valence-electron chi connectivity index (χ2n) is 8.25. The van der Waals surface area contributed by atoms with E-state index in [1.807, 2.05) is 29.2 Å². The molecule has 1 aliphatic rings. The van der Waals surface area contributed by atoms with Crippen molar-refractivity contribution in [2.75, 3.05) is 6.54 Å². The summed E-state index contributed by atoms with van der Waals surface area (Å²) >= 11 is 0. The molecule has 1 aliphatic heterocycles. The number of fused-ring (bicyclic) bond motifs is 2. The molecule has 1 saturated heterocycles. The van der Waals surface area contributed by atoms with Crippen molar-refractivity contribution < 1.29 is 4.79 Å². The van der Waals surface area contributed by atoms with Crippen LogP contribution in [0, 0.1) is 6.92 Å². The average molecular weight is 432 g/mol. The Kier molecular flexibility index (Phi) is 5.08. The summed E-state index contributed by atoms with van der Waals surface area (Å²) in [6.07, 6.45) is 4.18. The molecule has 1 fully saturated rings. The number of rotatable bonds is 5. The molecule has 164 valence electrons. The smallest absolute Gasteiger partial charge is 0.272 e. The van der Waals surface area contributed by atoms with E-state index >= 15 is 0 Å². The van der Waals surface area contributed by atoms with Crippen LogP contribution in [0.2, 0.25) is 0 Å². The Morgan fingerprint density at radius 3 is 2.94 bits per heavy atom. The highest BCUT2D eigenvalue weighted by Crippen LogP contribution is 2.32. The molecule has 0 saturated carbocycles. The number of aryl methyl sites for hydroxylation is 2. The number of likely N-dealkylation sites (tertiary alicyclic amines) is 1. The van der Waals surface area contributed by atoms with Gasteiger partial charge >= 0.3 is 0 Å². The van der Waals surface area contributed by atoms with Crippen molar-refractivity contribution in [1.29, 1.82) is 0 Å². The van der Waals surface area contributed by atoms with Crippen LogP contribution >= 0.6 is 0 Å². The first-order valence-electron chi connectivity index (χ1n) is 10.8. The van der Waals surface area contributed by atoms with Crippen molar-refractivity contribution in [1.82, 2.24) is 29.0 Å². The molecule has 5 rings (SSSR count). The maximum absolute atomic E-state index is 13.0. The summed E-state index contributed by atoms with van der Waals surface area (Å²) in [4.78, 5) is 48.4. The molecule has 3 aromatic heterocycles. The number of aromatic amines is 1. The van der Waals surface area contributed by atoms with Crippen LogP contribution in [-0.2, 0) is 11.3 Å². The minimum atomic E-state index is -0.163. The van der Waals surface area contributed by atoms with Crippen LogP contribution in [0.25, 0.3) is 16.6 Å². The van der Waals surface area contributed by atoms with Crippen molar-refractivity contribution >= 4 is 22.5 Å². The molecule has 4 aromatic rings. The molecule has 0 aliphatic carbocycles. The molecule has 9 heteroatoms. The van der Waals surface area contributed by atoms with Gasteiger partial charge in [-0.1, -0.05) is 12.1 Å². The van der Waals surface area contributed by atoms with Gasteiger partial charge in [-0.15, -0.1) is 0 Å². The third-order valence-corrected chi connectivity index (χ3v) is 6.05. The fourth-order valence-electron chi connectivity index (χ4n) is 4.50. The molecule has 32 heavy (non-hydrogen) atoms. The van der Waals surface area contributed by atoms with Crippen molar-refractivity contribution in [2.24, 2.45) is 0 Å². The Labute approximate surface area is 183 Å². The van der Waals surface area contributed by atoms with E-state index in [9.17, 15) is 14.4 Å². The van der Waals surface area contributed by atoms with E-state index in [1.165, 1.54) is 10.6 Å². The number of H-pyrrole nitrogens is 1. The standard InChI is InChI=1S/C23H24N6O3/c1-15-12-22(31)29-20(25-15)13-18(26-29)19-8-4-11-28(19)21(30)9-5-10-27-14-24-17-7-3-2-6-16(17)23(27)32/h2-3,6-7,12-14,19,26H,4-5,8-11H2,1H3. The van der Waals surface area contributed by atoms with Crippen molar-refractivity contribution in [2.45, 2.75) is 45.2 Å².